The second-order valence-corrected chi connectivity index (χ2v) is 6.26. The van der Waals surface area contributed by atoms with Crippen LogP contribution in [0.2, 0.25) is 5.15 Å². The number of thiophene rings is 1. The quantitative estimate of drug-likeness (QED) is 0.721. The fourth-order valence-corrected chi connectivity index (χ4v) is 3.16. The highest BCUT2D eigenvalue weighted by Crippen LogP contribution is 2.29. The Morgan fingerprint density at radius 3 is 2.60 bits per heavy atom. The van der Waals surface area contributed by atoms with Crippen LogP contribution in [0.3, 0.4) is 0 Å². The molecule has 3 nitrogen and oxygen atoms in total. The van der Waals surface area contributed by atoms with Gasteiger partial charge in [0.2, 0.25) is 5.82 Å². The maximum absolute atomic E-state index is 12.6. The summed E-state index contributed by atoms with van der Waals surface area (Å²) in [7, 11) is 1.65. The molecule has 2 aromatic heterocycles. The molecule has 0 aromatic carbocycles. The Morgan fingerprint density at radius 1 is 1.35 bits per heavy atom. The van der Waals surface area contributed by atoms with Gasteiger partial charge in [-0.2, -0.15) is 13.2 Å². The minimum Gasteiger partial charge on any atom is -0.354 e. The molecule has 0 amide bonds. The number of halogens is 5. The Kier molecular flexibility index (Phi) is 4.55. The van der Waals surface area contributed by atoms with E-state index in [9.17, 15) is 13.2 Å². The first-order chi connectivity index (χ1) is 9.25. The first kappa shape index (κ1) is 15.5. The number of aromatic nitrogens is 2. The molecule has 2 aromatic rings. The van der Waals surface area contributed by atoms with Gasteiger partial charge in [-0.1, -0.05) is 11.6 Å². The monoisotopic (exact) mass is 385 g/mol. The number of nitrogens with zero attached hydrogens (tertiary/aromatic N) is 3. The van der Waals surface area contributed by atoms with E-state index in [0.717, 1.165) is 9.35 Å². The summed E-state index contributed by atoms with van der Waals surface area (Å²) in [5, 5.41) is 1.67. The number of alkyl halides is 3. The molecule has 2 heterocycles. The summed E-state index contributed by atoms with van der Waals surface area (Å²) in [6.45, 7) is 0.431. The molecule has 0 bridgehead atoms. The van der Waals surface area contributed by atoms with Gasteiger partial charge in [0.05, 0.1) is 6.54 Å². The van der Waals surface area contributed by atoms with Gasteiger partial charge in [0.1, 0.15) is 11.0 Å². The van der Waals surface area contributed by atoms with Crippen LogP contribution in [-0.4, -0.2) is 17.0 Å². The Balaban J connectivity index is 2.25. The van der Waals surface area contributed by atoms with Crippen molar-refractivity contribution in [2.24, 2.45) is 0 Å². The van der Waals surface area contributed by atoms with Crippen LogP contribution in [0.5, 0.6) is 0 Å². The number of anilines is 1. The third kappa shape index (κ3) is 3.83. The van der Waals surface area contributed by atoms with Crippen molar-refractivity contribution in [1.29, 1.82) is 0 Å². The molecule has 9 heteroatoms. The van der Waals surface area contributed by atoms with Crippen molar-refractivity contribution >= 4 is 44.7 Å². The summed E-state index contributed by atoms with van der Waals surface area (Å²) in [5.41, 5.74) is 0. The van der Waals surface area contributed by atoms with Crippen molar-refractivity contribution in [2.75, 3.05) is 11.9 Å². The van der Waals surface area contributed by atoms with E-state index < -0.39 is 12.0 Å². The number of hydrogen-bond donors (Lipinski definition) is 0. The van der Waals surface area contributed by atoms with Crippen molar-refractivity contribution in [3.63, 3.8) is 0 Å². The van der Waals surface area contributed by atoms with Crippen LogP contribution in [0.4, 0.5) is 19.0 Å². The molecule has 0 aliphatic heterocycles. The van der Waals surface area contributed by atoms with Crippen LogP contribution in [0, 0.1) is 0 Å². The molecule has 0 N–H and O–H groups in total. The van der Waals surface area contributed by atoms with E-state index in [2.05, 4.69) is 25.9 Å². The lowest BCUT2D eigenvalue weighted by atomic mass is 10.4. The summed E-state index contributed by atoms with van der Waals surface area (Å²) < 4.78 is 38.8. The molecule has 0 unspecified atom stereocenters. The lowest BCUT2D eigenvalue weighted by molar-refractivity contribution is -0.144. The van der Waals surface area contributed by atoms with E-state index in [1.165, 1.54) is 17.4 Å². The highest BCUT2D eigenvalue weighted by molar-refractivity contribution is 9.10. The lowest BCUT2D eigenvalue weighted by Crippen LogP contribution is -2.20. The third-order valence-electron chi connectivity index (χ3n) is 2.34. The van der Waals surface area contributed by atoms with Gasteiger partial charge in [-0.3, -0.25) is 0 Å². The maximum atomic E-state index is 12.6. The van der Waals surface area contributed by atoms with Crippen LogP contribution >= 0.6 is 38.9 Å². The van der Waals surface area contributed by atoms with E-state index in [1.54, 1.807) is 11.9 Å². The molecular weight excluding hydrogens is 379 g/mol. The van der Waals surface area contributed by atoms with E-state index in [-0.39, 0.29) is 11.0 Å². The number of rotatable bonds is 3. The minimum absolute atomic E-state index is 0.127. The Morgan fingerprint density at radius 2 is 2.05 bits per heavy atom. The second-order valence-electron chi connectivity index (χ2n) is 3.96. The molecule has 0 aliphatic rings. The first-order valence-corrected chi connectivity index (χ1v) is 7.36. The van der Waals surface area contributed by atoms with E-state index >= 15 is 0 Å². The van der Waals surface area contributed by atoms with Gasteiger partial charge >= 0.3 is 6.18 Å². The zero-order chi connectivity index (χ0) is 14.9. The highest BCUT2D eigenvalue weighted by Gasteiger charge is 2.35. The molecule has 0 aliphatic carbocycles. The highest BCUT2D eigenvalue weighted by atomic mass is 79.9. The standard InChI is InChI=1S/C11H8BrClF3N3S/c1-19(4-7-2-6(12)5-20-7)9-3-8(13)17-10(18-9)11(14,15)16/h2-3,5H,4H2,1H3. The summed E-state index contributed by atoms with van der Waals surface area (Å²) >= 11 is 10.4. The van der Waals surface area contributed by atoms with Crippen molar-refractivity contribution in [3.05, 3.63) is 37.8 Å². The summed E-state index contributed by atoms with van der Waals surface area (Å²) in [4.78, 5) is 9.28. The van der Waals surface area contributed by atoms with Gasteiger partial charge in [0.25, 0.3) is 0 Å². The van der Waals surface area contributed by atoms with Crippen LogP contribution in [0.1, 0.15) is 10.7 Å². The van der Waals surface area contributed by atoms with E-state index in [0.29, 0.717) is 6.54 Å². The minimum atomic E-state index is -4.62. The van der Waals surface area contributed by atoms with Gasteiger partial charge in [-0.05, 0) is 22.0 Å². The molecule has 108 valence electrons. The van der Waals surface area contributed by atoms with Crippen LogP contribution in [0.15, 0.2) is 22.0 Å². The molecule has 0 atom stereocenters. The summed E-state index contributed by atoms with van der Waals surface area (Å²) in [6, 6.07) is 3.20. The van der Waals surface area contributed by atoms with Crippen molar-refractivity contribution in [1.82, 2.24) is 9.97 Å². The lowest BCUT2D eigenvalue weighted by Gasteiger charge is -2.18. The molecule has 0 radical (unpaired) electrons. The summed E-state index contributed by atoms with van der Waals surface area (Å²) in [6.07, 6.45) is -4.62. The smallest absolute Gasteiger partial charge is 0.354 e. The maximum Gasteiger partial charge on any atom is 0.451 e. The van der Waals surface area contributed by atoms with Gasteiger partial charge in [0, 0.05) is 27.8 Å². The van der Waals surface area contributed by atoms with Crippen LogP contribution in [-0.2, 0) is 12.7 Å². The third-order valence-corrected chi connectivity index (χ3v) is 4.22. The molecule has 0 fully saturated rings. The van der Waals surface area contributed by atoms with Crippen LogP contribution in [0.25, 0.3) is 0 Å². The Hall–Kier alpha value is -0.860. The summed E-state index contributed by atoms with van der Waals surface area (Å²) in [5.74, 6) is -1.11. The first-order valence-electron chi connectivity index (χ1n) is 5.31. The van der Waals surface area contributed by atoms with E-state index in [1.807, 2.05) is 11.4 Å². The van der Waals surface area contributed by atoms with Crippen molar-refractivity contribution in [2.45, 2.75) is 12.7 Å². The Labute approximate surface area is 130 Å². The molecule has 20 heavy (non-hydrogen) atoms. The zero-order valence-electron chi connectivity index (χ0n) is 10.1. The molecular formula is C11H8BrClF3N3S. The fraction of sp³-hybridized carbons (Fsp3) is 0.273. The topological polar surface area (TPSA) is 29.0 Å². The molecule has 0 spiro atoms. The SMILES string of the molecule is CN(Cc1cc(Br)cs1)c1cc(Cl)nc(C(F)(F)F)n1. The molecule has 0 saturated carbocycles. The average molecular weight is 387 g/mol. The predicted octanol–water partition coefficient (Wildman–Crippen LogP) is 4.61. The molecule has 2 rings (SSSR count). The van der Waals surface area contributed by atoms with Crippen LogP contribution < -0.4 is 4.90 Å². The molecule has 0 saturated heterocycles. The van der Waals surface area contributed by atoms with Gasteiger partial charge < -0.3 is 4.90 Å². The Bertz CT molecular complexity index is 617. The zero-order valence-corrected chi connectivity index (χ0v) is 13.2. The largest absolute Gasteiger partial charge is 0.451 e. The number of hydrogen-bond acceptors (Lipinski definition) is 4. The predicted molar refractivity (Wildman–Crippen MR) is 76.2 cm³/mol. The van der Waals surface area contributed by atoms with Gasteiger partial charge in [-0.25, -0.2) is 9.97 Å². The average Bonchev–Trinajstić information content (AvgIpc) is 2.72. The normalized spacial score (nSPS) is 11.7. The fourth-order valence-electron chi connectivity index (χ4n) is 1.48. The van der Waals surface area contributed by atoms with Crippen molar-refractivity contribution < 1.29 is 13.2 Å². The van der Waals surface area contributed by atoms with Gasteiger partial charge in [0.15, 0.2) is 0 Å². The van der Waals surface area contributed by atoms with E-state index in [4.69, 9.17) is 11.6 Å². The van der Waals surface area contributed by atoms with Gasteiger partial charge in [-0.15, -0.1) is 11.3 Å². The van der Waals surface area contributed by atoms with Crippen molar-refractivity contribution in [3.8, 4) is 0 Å². The second kappa shape index (κ2) is 5.87.